The molecule has 0 saturated carbocycles. The van der Waals surface area contributed by atoms with E-state index in [1.54, 1.807) is 30.5 Å². The lowest BCUT2D eigenvalue weighted by Crippen LogP contribution is -2.34. The highest BCUT2D eigenvalue weighted by molar-refractivity contribution is 5.93. The lowest BCUT2D eigenvalue weighted by atomic mass is 10.1. The maximum atomic E-state index is 13.5. The Balaban J connectivity index is 1.68. The fourth-order valence-electron chi connectivity index (χ4n) is 2.59. The van der Waals surface area contributed by atoms with E-state index >= 15 is 0 Å². The van der Waals surface area contributed by atoms with Gasteiger partial charge in [-0.15, -0.1) is 0 Å². The van der Waals surface area contributed by atoms with Crippen molar-refractivity contribution in [2.45, 2.75) is 6.04 Å². The van der Waals surface area contributed by atoms with E-state index in [-0.39, 0.29) is 23.5 Å². The first-order valence-corrected chi connectivity index (χ1v) is 7.84. The quantitative estimate of drug-likeness (QED) is 0.722. The molecule has 0 radical (unpaired) electrons. The number of amides is 1. The zero-order chi connectivity index (χ0) is 17.8. The molecule has 7 heteroatoms. The van der Waals surface area contributed by atoms with Gasteiger partial charge < -0.3 is 14.6 Å². The van der Waals surface area contributed by atoms with Gasteiger partial charge in [0.2, 0.25) is 0 Å². The lowest BCUT2D eigenvalue weighted by molar-refractivity contribution is 0.0937. The number of benzene rings is 1. The predicted octanol–water partition coefficient (Wildman–Crippen LogP) is 2.84. The second-order valence-corrected chi connectivity index (χ2v) is 5.89. The molecule has 3 aromatic rings. The average molecular weight is 342 g/mol. The van der Waals surface area contributed by atoms with Crippen molar-refractivity contribution in [1.82, 2.24) is 20.4 Å². The van der Waals surface area contributed by atoms with Crippen LogP contribution in [0.5, 0.6) is 0 Å². The van der Waals surface area contributed by atoms with Gasteiger partial charge in [-0.25, -0.2) is 4.39 Å². The summed E-state index contributed by atoms with van der Waals surface area (Å²) in [4.78, 5) is 14.3. The van der Waals surface area contributed by atoms with Gasteiger partial charge in [-0.1, -0.05) is 12.1 Å². The van der Waals surface area contributed by atoms with E-state index < -0.39 is 0 Å². The molecule has 6 nitrogen and oxygen atoms in total. The topological polar surface area (TPSA) is 74.2 Å². The van der Waals surface area contributed by atoms with Crippen LogP contribution in [-0.4, -0.2) is 41.6 Å². The Morgan fingerprint density at radius 2 is 2.16 bits per heavy atom. The minimum Gasteiger partial charge on any atom is -0.463 e. The number of H-pyrrole nitrogens is 1. The normalized spacial score (nSPS) is 12.3. The number of halogens is 1. The van der Waals surface area contributed by atoms with Gasteiger partial charge in [0.05, 0.1) is 12.3 Å². The van der Waals surface area contributed by atoms with Gasteiger partial charge >= 0.3 is 0 Å². The molecule has 0 spiro atoms. The Bertz CT molecular complexity index is 842. The van der Waals surface area contributed by atoms with E-state index in [1.807, 2.05) is 25.1 Å². The van der Waals surface area contributed by atoms with Gasteiger partial charge in [-0.05, 0) is 43.9 Å². The highest BCUT2D eigenvalue weighted by Crippen LogP contribution is 2.19. The number of hydrogen-bond acceptors (Lipinski definition) is 4. The summed E-state index contributed by atoms with van der Waals surface area (Å²) in [6, 6.07) is 11.4. The standard InChI is InChI=1S/C18H19FN4O2/c1-23(2)16(12-5-3-6-13(19)9-12)11-20-18(24)15-10-14(21-22-15)17-7-4-8-25-17/h3-10,16H,11H2,1-2H3,(H,20,24)(H,21,22)/t16-/m1/s1. The van der Waals surface area contributed by atoms with Crippen molar-refractivity contribution in [3.8, 4) is 11.5 Å². The van der Waals surface area contributed by atoms with Crippen LogP contribution in [0, 0.1) is 5.82 Å². The van der Waals surface area contributed by atoms with E-state index in [0.717, 1.165) is 5.56 Å². The fourth-order valence-corrected chi connectivity index (χ4v) is 2.59. The first kappa shape index (κ1) is 16.9. The number of hydrogen-bond donors (Lipinski definition) is 2. The molecular formula is C18H19FN4O2. The van der Waals surface area contributed by atoms with Crippen LogP contribution in [0.4, 0.5) is 4.39 Å². The van der Waals surface area contributed by atoms with Gasteiger partial charge in [0.1, 0.15) is 11.5 Å². The predicted molar refractivity (Wildman–Crippen MR) is 91.5 cm³/mol. The second kappa shape index (κ2) is 7.31. The number of nitrogens with zero attached hydrogens (tertiary/aromatic N) is 2. The van der Waals surface area contributed by atoms with Gasteiger partial charge in [0.15, 0.2) is 11.5 Å². The number of furan rings is 1. The van der Waals surface area contributed by atoms with E-state index in [0.29, 0.717) is 18.0 Å². The lowest BCUT2D eigenvalue weighted by Gasteiger charge is -2.25. The maximum Gasteiger partial charge on any atom is 0.271 e. The molecule has 2 aromatic heterocycles. The van der Waals surface area contributed by atoms with Gasteiger partial charge in [-0.2, -0.15) is 5.10 Å². The molecule has 3 rings (SSSR count). The molecule has 1 aromatic carbocycles. The molecule has 0 saturated heterocycles. The van der Waals surface area contributed by atoms with Crippen LogP contribution in [0.25, 0.3) is 11.5 Å². The summed E-state index contributed by atoms with van der Waals surface area (Å²) in [5, 5.41) is 9.63. The Hall–Kier alpha value is -2.93. The minimum absolute atomic E-state index is 0.150. The van der Waals surface area contributed by atoms with E-state index in [1.165, 1.54) is 12.1 Å². The molecule has 0 aliphatic carbocycles. The number of nitrogens with one attached hydrogen (secondary N) is 2. The van der Waals surface area contributed by atoms with Crippen molar-refractivity contribution in [2.24, 2.45) is 0 Å². The zero-order valence-corrected chi connectivity index (χ0v) is 14.0. The number of rotatable bonds is 6. The molecule has 0 bridgehead atoms. The molecular weight excluding hydrogens is 323 g/mol. The number of likely N-dealkylation sites (N-methyl/N-ethyl adjacent to an activating group) is 1. The summed E-state index contributed by atoms with van der Waals surface area (Å²) in [5.41, 5.74) is 1.69. The summed E-state index contributed by atoms with van der Waals surface area (Å²) in [6.45, 7) is 0.332. The minimum atomic E-state index is -0.308. The number of carbonyl (C=O) groups is 1. The average Bonchev–Trinajstić information content (AvgIpc) is 3.26. The maximum absolute atomic E-state index is 13.5. The zero-order valence-electron chi connectivity index (χ0n) is 14.0. The van der Waals surface area contributed by atoms with Crippen molar-refractivity contribution >= 4 is 5.91 Å². The van der Waals surface area contributed by atoms with Crippen LogP contribution >= 0.6 is 0 Å². The number of aromatic nitrogens is 2. The first-order chi connectivity index (χ1) is 12.0. The van der Waals surface area contributed by atoms with Crippen LogP contribution < -0.4 is 5.32 Å². The largest absolute Gasteiger partial charge is 0.463 e. The molecule has 0 fully saturated rings. The second-order valence-electron chi connectivity index (χ2n) is 5.89. The van der Waals surface area contributed by atoms with Crippen molar-refractivity contribution < 1.29 is 13.6 Å². The summed E-state index contributed by atoms with van der Waals surface area (Å²) in [5.74, 6) is 0.000792. The Morgan fingerprint density at radius 3 is 2.84 bits per heavy atom. The molecule has 2 heterocycles. The van der Waals surface area contributed by atoms with Gasteiger partial charge in [0.25, 0.3) is 5.91 Å². The van der Waals surface area contributed by atoms with Gasteiger partial charge in [-0.3, -0.25) is 9.89 Å². The van der Waals surface area contributed by atoms with Crippen molar-refractivity contribution in [3.63, 3.8) is 0 Å². The summed E-state index contributed by atoms with van der Waals surface area (Å²) in [6.07, 6.45) is 1.55. The molecule has 1 atom stereocenters. The third kappa shape index (κ3) is 3.95. The highest BCUT2D eigenvalue weighted by atomic mass is 19.1. The van der Waals surface area contributed by atoms with Crippen LogP contribution in [0.1, 0.15) is 22.1 Å². The van der Waals surface area contributed by atoms with Gasteiger partial charge in [0, 0.05) is 12.6 Å². The van der Waals surface area contributed by atoms with Crippen molar-refractivity contribution in [1.29, 1.82) is 0 Å². The smallest absolute Gasteiger partial charge is 0.271 e. The monoisotopic (exact) mass is 342 g/mol. The molecule has 0 aliphatic rings. The molecule has 0 aliphatic heterocycles. The summed E-state index contributed by atoms with van der Waals surface area (Å²) >= 11 is 0. The van der Waals surface area contributed by atoms with E-state index in [9.17, 15) is 9.18 Å². The molecule has 25 heavy (non-hydrogen) atoms. The van der Waals surface area contributed by atoms with Crippen molar-refractivity contribution in [3.05, 3.63) is 65.8 Å². The Morgan fingerprint density at radius 1 is 1.32 bits per heavy atom. The fraction of sp³-hybridized carbons (Fsp3) is 0.222. The molecule has 0 unspecified atom stereocenters. The summed E-state index contributed by atoms with van der Waals surface area (Å²) in [7, 11) is 3.76. The van der Waals surface area contributed by atoms with Crippen LogP contribution in [-0.2, 0) is 0 Å². The first-order valence-electron chi connectivity index (χ1n) is 7.84. The van der Waals surface area contributed by atoms with E-state index in [2.05, 4.69) is 15.5 Å². The van der Waals surface area contributed by atoms with E-state index in [4.69, 9.17) is 4.42 Å². The molecule has 130 valence electrons. The summed E-state index contributed by atoms with van der Waals surface area (Å²) < 4.78 is 18.7. The SMILES string of the molecule is CN(C)[C@H](CNC(=O)c1cc(-c2ccco2)[nH]n1)c1cccc(F)c1. The highest BCUT2D eigenvalue weighted by Gasteiger charge is 2.18. The van der Waals surface area contributed by atoms with Crippen LogP contribution in [0.3, 0.4) is 0 Å². The van der Waals surface area contributed by atoms with Crippen LogP contribution in [0.2, 0.25) is 0 Å². The third-order valence-corrected chi connectivity index (χ3v) is 3.91. The number of carbonyl (C=O) groups excluding carboxylic acids is 1. The molecule has 1 amide bonds. The third-order valence-electron chi connectivity index (χ3n) is 3.91. The Labute approximate surface area is 144 Å². The van der Waals surface area contributed by atoms with Crippen LogP contribution in [0.15, 0.2) is 53.1 Å². The number of aromatic amines is 1. The Kier molecular flexibility index (Phi) is 4.95. The van der Waals surface area contributed by atoms with Crippen molar-refractivity contribution in [2.75, 3.05) is 20.6 Å². The molecule has 2 N–H and O–H groups in total.